The van der Waals surface area contributed by atoms with Crippen molar-refractivity contribution in [2.45, 2.75) is 44.4 Å². The second kappa shape index (κ2) is 5.98. The first kappa shape index (κ1) is 15.4. The van der Waals surface area contributed by atoms with Crippen LogP contribution in [0.1, 0.15) is 20.3 Å². The highest BCUT2D eigenvalue weighted by Gasteiger charge is 2.41. The minimum absolute atomic E-state index is 0.185. The first-order chi connectivity index (χ1) is 8.73. The van der Waals surface area contributed by atoms with Crippen LogP contribution in [0.2, 0.25) is 0 Å². The average molecular weight is 274 g/mol. The summed E-state index contributed by atoms with van der Waals surface area (Å²) < 4.78 is 0. The third-order valence-electron chi connectivity index (χ3n) is 3.34. The molecule has 8 nitrogen and oxygen atoms in total. The van der Waals surface area contributed by atoms with Gasteiger partial charge in [-0.05, 0) is 20.3 Å². The van der Waals surface area contributed by atoms with Crippen LogP contribution in [0, 0.1) is 0 Å². The molecular formula is C11H18N2O6. The minimum atomic E-state index is -1.10. The fraction of sp³-hybridized carbons (Fsp3) is 0.727. The van der Waals surface area contributed by atoms with E-state index in [4.69, 9.17) is 15.3 Å². The van der Waals surface area contributed by atoms with Crippen LogP contribution in [0.15, 0.2) is 0 Å². The smallest absolute Gasteiger partial charge is 0.321 e. The average Bonchev–Trinajstić information content (AvgIpc) is 2.71. The predicted molar refractivity (Wildman–Crippen MR) is 63.9 cm³/mol. The zero-order chi connectivity index (χ0) is 14.7. The summed E-state index contributed by atoms with van der Waals surface area (Å²) >= 11 is 0. The maximum absolute atomic E-state index is 11.1. The molecule has 1 heterocycles. The lowest BCUT2D eigenvalue weighted by molar-refractivity contribution is -0.148. The highest BCUT2D eigenvalue weighted by atomic mass is 16.4. The molecule has 4 N–H and O–H groups in total. The number of rotatable bonds is 6. The van der Waals surface area contributed by atoms with Gasteiger partial charge >= 0.3 is 17.9 Å². The fourth-order valence-electron chi connectivity index (χ4n) is 2.22. The summed E-state index contributed by atoms with van der Waals surface area (Å²) in [6.07, 6.45) is 0.185. The minimum Gasteiger partial charge on any atom is -0.480 e. The van der Waals surface area contributed by atoms with Gasteiger partial charge in [-0.1, -0.05) is 0 Å². The second-order valence-corrected chi connectivity index (χ2v) is 4.72. The molecule has 0 saturated carbocycles. The Labute approximate surface area is 110 Å². The van der Waals surface area contributed by atoms with Crippen LogP contribution < -0.4 is 5.32 Å². The molecule has 1 fully saturated rings. The third-order valence-corrected chi connectivity index (χ3v) is 3.34. The summed E-state index contributed by atoms with van der Waals surface area (Å²) in [7, 11) is 0. The van der Waals surface area contributed by atoms with Gasteiger partial charge < -0.3 is 20.6 Å². The molecule has 0 spiro atoms. The molecule has 108 valence electrons. The molecule has 19 heavy (non-hydrogen) atoms. The predicted octanol–water partition coefficient (Wildman–Crippen LogP) is -0.950. The lowest BCUT2D eigenvalue weighted by atomic mass is 10.1. The Hall–Kier alpha value is -1.67. The van der Waals surface area contributed by atoms with Crippen LogP contribution in [0.4, 0.5) is 0 Å². The lowest BCUT2D eigenvalue weighted by Crippen LogP contribution is -2.47. The molecule has 1 aliphatic heterocycles. The summed E-state index contributed by atoms with van der Waals surface area (Å²) in [6.45, 7) is 3.07. The van der Waals surface area contributed by atoms with Crippen molar-refractivity contribution >= 4 is 17.9 Å². The maximum atomic E-state index is 11.1. The molecule has 0 aromatic carbocycles. The standard InChI is InChI=1S/C11H18N2O6/c1-5(9(14)15)12-7-3-8(11(18)19)13(4-7)6(2)10(16)17/h5-8,12H,3-4H2,1-2H3,(H,14,15)(H,16,17)(H,18,19). The summed E-state index contributed by atoms with van der Waals surface area (Å²) in [5, 5.41) is 29.6. The van der Waals surface area contributed by atoms with Crippen LogP contribution in [-0.4, -0.2) is 68.8 Å². The molecule has 0 aromatic rings. The second-order valence-electron chi connectivity index (χ2n) is 4.72. The van der Waals surface area contributed by atoms with E-state index in [0.29, 0.717) is 0 Å². The molecule has 4 atom stereocenters. The number of carbonyl (C=O) groups is 3. The van der Waals surface area contributed by atoms with Crippen molar-refractivity contribution in [3.8, 4) is 0 Å². The first-order valence-corrected chi connectivity index (χ1v) is 5.94. The first-order valence-electron chi connectivity index (χ1n) is 5.94. The van der Waals surface area contributed by atoms with Crippen LogP contribution in [0.5, 0.6) is 0 Å². The van der Waals surface area contributed by atoms with E-state index in [1.165, 1.54) is 18.7 Å². The lowest BCUT2D eigenvalue weighted by Gasteiger charge is -2.25. The van der Waals surface area contributed by atoms with Crippen molar-refractivity contribution in [3.63, 3.8) is 0 Å². The third kappa shape index (κ3) is 3.65. The van der Waals surface area contributed by atoms with E-state index < -0.39 is 36.0 Å². The Morgan fingerprint density at radius 2 is 1.74 bits per heavy atom. The normalized spacial score (nSPS) is 26.8. The molecule has 0 bridgehead atoms. The quantitative estimate of drug-likeness (QED) is 0.488. The molecule has 0 aromatic heterocycles. The molecule has 4 unspecified atom stereocenters. The number of likely N-dealkylation sites (tertiary alicyclic amines) is 1. The molecule has 0 radical (unpaired) electrons. The topological polar surface area (TPSA) is 127 Å². The largest absolute Gasteiger partial charge is 0.480 e. The number of aliphatic carboxylic acids is 3. The molecule has 1 rings (SSSR count). The summed E-state index contributed by atoms with van der Waals surface area (Å²) in [4.78, 5) is 34.2. The van der Waals surface area contributed by atoms with E-state index in [1.807, 2.05) is 0 Å². The van der Waals surface area contributed by atoms with Gasteiger partial charge in [-0.15, -0.1) is 0 Å². The van der Waals surface area contributed by atoms with Gasteiger partial charge in [0.25, 0.3) is 0 Å². The van der Waals surface area contributed by atoms with Gasteiger partial charge in [-0.3, -0.25) is 19.3 Å². The van der Waals surface area contributed by atoms with E-state index >= 15 is 0 Å². The molecule has 1 aliphatic rings. The van der Waals surface area contributed by atoms with Gasteiger partial charge in [-0.25, -0.2) is 0 Å². The van der Waals surface area contributed by atoms with E-state index in [-0.39, 0.29) is 19.0 Å². The molecule has 0 amide bonds. The number of nitrogens with one attached hydrogen (secondary N) is 1. The van der Waals surface area contributed by atoms with Gasteiger partial charge in [0.2, 0.25) is 0 Å². The van der Waals surface area contributed by atoms with Crippen molar-refractivity contribution < 1.29 is 29.7 Å². The van der Waals surface area contributed by atoms with Gasteiger partial charge in [-0.2, -0.15) is 0 Å². The zero-order valence-corrected chi connectivity index (χ0v) is 10.7. The highest BCUT2D eigenvalue weighted by Crippen LogP contribution is 2.21. The van der Waals surface area contributed by atoms with Crippen molar-refractivity contribution in [2.24, 2.45) is 0 Å². The number of hydrogen-bond acceptors (Lipinski definition) is 5. The fourth-order valence-corrected chi connectivity index (χ4v) is 2.22. The van der Waals surface area contributed by atoms with Gasteiger partial charge in [0, 0.05) is 12.6 Å². The van der Waals surface area contributed by atoms with Crippen molar-refractivity contribution in [3.05, 3.63) is 0 Å². The Bertz CT molecular complexity index is 385. The summed E-state index contributed by atoms with van der Waals surface area (Å²) in [6, 6.07) is -2.99. The van der Waals surface area contributed by atoms with Gasteiger partial charge in [0.15, 0.2) is 0 Å². The number of carboxylic acids is 3. The van der Waals surface area contributed by atoms with E-state index in [2.05, 4.69) is 5.32 Å². The zero-order valence-electron chi connectivity index (χ0n) is 10.7. The van der Waals surface area contributed by atoms with E-state index in [9.17, 15) is 14.4 Å². The SMILES string of the molecule is CC(NC1CC(C(=O)O)N(C(C)C(=O)O)C1)C(=O)O. The molecule has 8 heteroatoms. The van der Waals surface area contributed by atoms with E-state index in [1.54, 1.807) is 0 Å². The van der Waals surface area contributed by atoms with Gasteiger partial charge in [0.1, 0.15) is 18.1 Å². The maximum Gasteiger partial charge on any atom is 0.321 e. The number of carboxylic acid groups (broad SMARTS) is 3. The molecular weight excluding hydrogens is 256 g/mol. The van der Waals surface area contributed by atoms with Gasteiger partial charge in [0.05, 0.1) is 0 Å². The Morgan fingerprint density at radius 3 is 2.16 bits per heavy atom. The molecule has 1 saturated heterocycles. The van der Waals surface area contributed by atoms with Crippen LogP contribution in [-0.2, 0) is 14.4 Å². The summed E-state index contributed by atoms with van der Waals surface area (Å²) in [5.41, 5.74) is 0. The summed E-state index contributed by atoms with van der Waals surface area (Å²) in [5.74, 6) is -3.23. The van der Waals surface area contributed by atoms with Crippen LogP contribution in [0.3, 0.4) is 0 Å². The van der Waals surface area contributed by atoms with E-state index in [0.717, 1.165) is 0 Å². The van der Waals surface area contributed by atoms with Crippen LogP contribution in [0.25, 0.3) is 0 Å². The van der Waals surface area contributed by atoms with Crippen LogP contribution >= 0.6 is 0 Å². The number of nitrogens with zero attached hydrogens (tertiary/aromatic N) is 1. The Kier molecular flexibility index (Phi) is 4.84. The molecule has 0 aliphatic carbocycles. The Morgan fingerprint density at radius 1 is 1.16 bits per heavy atom. The monoisotopic (exact) mass is 274 g/mol. The van der Waals surface area contributed by atoms with Crippen molar-refractivity contribution in [2.75, 3.05) is 6.54 Å². The number of hydrogen-bond donors (Lipinski definition) is 4. The van der Waals surface area contributed by atoms with Crippen molar-refractivity contribution in [1.82, 2.24) is 10.2 Å². The Balaban J connectivity index is 2.75. The highest BCUT2D eigenvalue weighted by molar-refractivity contribution is 5.78. The van der Waals surface area contributed by atoms with Crippen molar-refractivity contribution in [1.29, 1.82) is 0 Å².